The second-order valence-electron chi connectivity index (χ2n) is 5.72. The van der Waals surface area contributed by atoms with Crippen LogP contribution in [0.15, 0.2) is 23.0 Å². The lowest BCUT2D eigenvalue weighted by Gasteiger charge is -2.26. The van der Waals surface area contributed by atoms with Gasteiger partial charge in [0.2, 0.25) is 6.79 Å². The van der Waals surface area contributed by atoms with Crippen molar-refractivity contribution in [1.29, 1.82) is 0 Å². The Morgan fingerprint density at radius 1 is 1.14 bits per heavy atom. The van der Waals surface area contributed by atoms with E-state index in [1.807, 2.05) is 18.2 Å². The van der Waals surface area contributed by atoms with Crippen molar-refractivity contribution in [2.75, 3.05) is 19.9 Å². The third-order valence-corrected chi connectivity index (χ3v) is 5.07. The number of hydrogen-bond acceptors (Lipinski definition) is 5. The minimum absolute atomic E-state index is 0.000300. The molecule has 2 aromatic rings. The molecule has 0 amide bonds. The average molecular weight is 318 g/mol. The predicted molar refractivity (Wildman–Crippen MR) is 85.6 cm³/mol. The number of likely N-dealkylation sites (tertiary alicyclic amines) is 1. The van der Waals surface area contributed by atoms with Crippen LogP contribution in [0.4, 0.5) is 0 Å². The van der Waals surface area contributed by atoms with Gasteiger partial charge >= 0.3 is 4.87 Å². The molecule has 5 nitrogen and oxygen atoms in total. The van der Waals surface area contributed by atoms with Gasteiger partial charge in [0.15, 0.2) is 11.5 Å². The van der Waals surface area contributed by atoms with Gasteiger partial charge in [-0.05, 0) is 44.1 Å². The number of piperidine rings is 1. The Kier molecular flexibility index (Phi) is 3.63. The number of aromatic nitrogens is 1. The maximum Gasteiger partial charge on any atom is 0.305 e. The summed E-state index contributed by atoms with van der Waals surface area (Å²) in [5.41, 5.74) is 1.90. The largest absolute Gasteiger partial charge is 0.454 e. The molecular weight excluding hydrogens is 300 g/mol. The van der Waals surface area contributed by atoms with Gasteiger partial charge in [-0.1, -0.05) is 17.8 Å². The van der Waals surface area contributed by atoms with Crippen LogP contribution in [0.5, 0.6) is 11.5 Å². The summed E-state index contributed by atoms with van der Waals surface area (Å²) in [5, 5.41) is 0. The summed E-state index contributed by atoms with van der Waals surface area (Å²) in [6.45, 7) is 3.34. The van der Waals surface area contributed by atoms with Crippen LogP contribution < -0.4 is 14.3 Å². The van der Waals surface area contributed by atoms with Gasteiger partial charge in [-0.25, -0.2) is 0 Å². The fourth-order valence-corrected chi connectivity index (χ4v) is 3.97. The molecule has 4 rings (SSSR count). The van der Waals surface area contributed by atoms with Crippen molar-refractivity contribution in [2.24, 2.45) is 0 Å². The zero-order valence-corrected chi connectivity index (χ0v) is 13.1. The lowest BCUT2D eigenvalue weighted by atomic mass is 10.1. The van der Waals surface area contributed by atoms with E-state index in [0.29, 0.717) is 0 Å². The molecule has 1 saturated heterocycles. The van der Waals surface area contributed by atoms with E-state index in [1.165, 1.54) is 30.6 Å². The second-order valence-corrected chi connectivity index (χ2v) is 6.79. The molecule has 1 aromatic heterocycles. The molecule has 1 N–H and O–H groups in total. The van der Waals surface area contributed by atoms with E-state index in [1.54, 1.807) is 0 Å². The summed E-state index contributed by atoms with van der Waals surface area (Å²) in [5.74, 6) is 1.51. The highest BCUT2D eigenvalue weighted by atomic mass is 32.1. The Bertz CT molecular complexity index is 731. The van der Waals surface area contributed by atoms with Crippen molar-refractivity contribution < 1.29 is 9.47 Å². The van der Waals surface area contributed by atoms with Gasteiger partial charge in [0, 0.05) is 17.0 Å². The highest BCUT2D eigenvalue weighted by Gasteiger charge is 2.19. The van der Waals surface area contributed by atoms with Crippen LogP contribution in [0.1, 0.15) is 24.1 Å². The van der Waals surface area contributed by atoms with Gasteiger partial charge in [0.05, 0.1) is 5.69 Å². The minimum Gasteiger partial charge on any atom is -0.454 e. The molecule has 22 heavy (non-hydrogen) atoms. The van der Waals surface area contributed by atoms with Gasteiger partial charge in [-0.2, -0.15) is 0 Å². The van der Waals surface area contributed by atoms with Gasteiger partial charge < -0.3 is 14.5 Å². The van der Waals surface area contributed by atoms with E-state index in [2.05, 4.69) is 9.88 Å². The van der Waals surface area contributed by atoms with Gasteiger partial charge in [0.1, 0.15) is 0 Å². The molecule has 0 atom stereocenters. The van der Waals surface area contributed by atoms with Crippen LogP contribution in [0, 0.1) is 0 Å². The van der Waals surface area contributed by atoms with Crippen molar-refractivity contribution in [1.82, 2.24) is 9.88 Å². The molecule has 6 heteroatoms. The number of H-pyrrole nitrogens is 1. The van der Waals surface area contributed by atoms with Crippen molar-refractivity contribution in [3.05, 3.63) is 32.7 Å². The first-order chi connectivity index (χ1) is 10.8. The average Bonchev–Trinajstić information content (AvgIpc) is 3.14. The summed E-state index contributed by atoms with van der Waals surface area (Å²) in [4.78, 5) is 18.4. The first-order valence-electron chi connectivity index (χ1n) is 7.64. The van der Waals surface area contributed by atoms with E-state index in [9.17, 15) is 4.79 Å². The second kappa shape index (κ2) is 5.78. The summed E-state index contributed by atoms with van der Waals surface area (Å²) >= 11 is 1.31. The molecule has 1 fully saturated rings. The lowest BCUT2D eigenvalue weighted by Crippen LogP contribution is -2.28. The van der Waals surface area contributed by atoms with Crippen molar-refractivity contribution in [3.8, 4) is 22.8 Å². The zero-order valence-electron chi connectivity index (χ0n) is 12.3. The van der Waals surface area contributed by atoms with Crippen LogP contribution in [0.3, 0.4) is 0 Å². The van der Waals surface area contributed by atoms with Crippen LogP contribution in [-0.2, 0) is 6.54 Å². The first kappa shape index (κ1) is 13.8. The minimum atomic E-state index is -0.000300. The van der Waals surface area contributed by atoms with Crippen LogP contribution in [0.2, 0.25) is 0 Å². The fourth-order valence-electron chi connectivity index (χ4n) is 3.08. The molecule has 0 spiro atoms. The lowest BCUT2D eigenvalue weighted by molar-refractivity contribution is 0.174. The molecule has 0 bridgehead atoms. The first-order valence-corrected chi connectivity index (χ1v) is 8.45. The molecule has 2 aliphatic rings. The number of nitrogens with zero attached hydrogens (tertiary/aromatic N) is 1. The standard InChI is InChI=1S/C16H18N2O3S/c19-16-17-15(11-4-5-12-13(8-11)21-10-20-12)14(22-16)9-18-6-2-1-3-7-18/h4-5,8H,1-3,6-7,9-10H2,(H,17,19). The van der Waals surface area contributed by atoms with Gasteiger partial charge in [-0.3, -0.25) is 9.69 Å². The number of benzene rings is 1. The maximum atomic E-state index is 11.8. The molecule has 3 heterocycles. The van der Waals surface area contributed by atoms with E-state index >= 15 is 0 Å². The number of hydrogen-bond donors (Lipinski definition) is 1. The molecule has 0 unspecified atom stereocenters. The molecule has 0 radical (unpaired) electrons. The molecular formula is C16H18N2O3S. The number of aromatic amines is 1. The van der Waals surface area contributed by atoms with Gasteiger partial charge in [0.25, 0.3) is 0 Å². The molecule has 0 saturated carbocycles. The Hall–Kier alpha value is -1.79. The zero-order chi connectivity index (χ0) is 14.9. The molecule has 1 aromatic carbocycles. The normalized spacial score (nSPS) is 17.8. The number of thiazole rings is 1. The summed E-state index contributed by atoms with van der Waals surface area (Å²) < 4.78 is 10.8. The number of nitrogens with one attached hydrogen (secondary N) is 1. The summed E-state index contributed by atoms with van der Waals surface area (Å²) in [7, 11) is 0. The summed E-state index contributed by atoms with van der Waals surface area (Å²) in [6, 6.07) is 5.82. The Balaban J connectivity index is 1.65. The van der Waals surface area contributed by atoms with Crippen molar-refractivity contribution in [3.63, 3.8) is 0 Å². The highest BCUT2D eigenvalue weighted by molar-refractivity contribution is 7.09. The third-order valence-electron chi connectivity index (χ3n) is 4.20. The number of fused-ring (bicyclic) bond motifs is 1. The fraction of sp³-hybridized carbons (Fsp3) is 0.438. The smallest absolute Gasteiger partial charge is 0.305 e. The van der Waals surface area contributed by atoms with Crippen molar-refractivity contribution in [2.45, 2.75) is 25.8 Å². The van der Waals surface area contributed by atoms with Crippen LogP contribution in [0.25, 0.3) is 11.3 Å². The van der Waals surface area contributed by atoms with E-state index in [-0.39, 0.29) is 11.7 Å². The van der Waals surface area contributed by atoms with Crippen molar-refractivity contribution >= 4 is 11.3 Å². The van der Waals surface area contributed by atoms with E-state index in [4.69, 9.17) is 9.47 Å². The third kappa shape index (κ3) is 2.64. The predicted octanol–water partition coefficient (Wildman–Crippen LogP) is 2.82. The monoisotopic (exact) mass is 318 g/mol. The summed E-state index contributed by atoms with van der Waals surface area (Å²) in [6.07, 6.45) is 3.81. The molecule has 2 aliphatic heterocycles. The highest BCUT2D eigenvalue weighted by Crippen LogP contribution is 2.36. The molecule has 0 aliphatic carbocycles. The molecule has 116 valence electrons. The van der Waals surface area contributed by atoms with Crippen LogP contribution in [-0.4, -0.2) is 29.8 Å². The van der Waals surface area contributed by atoms with E-state index < -0.39 is 0 Å². The van der Waals surface area contributed by atoms with Crippen LogP contribution >= 0.6 is 11.3 Å². The SMILES string of the molecule is O=c1[nH]c(-c2ccc3c(c2)OCO3)c(CN2CCCCC2)s1. The number of rotatable bonds is 3. The van der Waals surface area contributed by atoms with Gasteiger partial charge in [-0.15, -0.1) is 0 Å². The van der Waals surface area contributed by atoms with E-state index in [0.717, 1.165) is 47.3 Å². The topological polar surface area (TPSA) is 54.6 Å². The Morgan fingerprint density at radius 3 is 2.82 bits per heavy atom. The Morgan fingerprint density at radius 2 is 1.95 bits per heavy atom. The quantitative estimate of drug-likeness (QED) is 0.945. The Labute approximate surface area is 132 Å². The maximum absolute atomic E-state index is 11.8. The number of ether oxygens (including phenoxy) is 2.